The van der Waals surface area contributed by atoms with Crippen LogP contribution >= 0.6 is 0 Å². The van der Waals surface area contributed by atoms with E-state index in [4.69, 9.17) is 11.2 Å². The fraction of sp³-hybridized carbons (Fsp3) is 0.333. The largest absolute Gasteiger partial charge is 0.472 e. The van der Waals surface area contributed by atoms with Crippen LogP contribution in [0.4, 0.5) is 11.5 Å². The van der Waals surface area contributed by atoms with Gasteiger partial charge in [-0.3, -0.25) is 10.1 Å². The molecule has 0 radical (unpaired) electrons. The molecular weight excluding hydrogens is 212 g/mol. The van der Waals surface area contributed by atoms with Crippen LogP contribution in [0.15, 0.2) is 6.33 Å². The summed E-state index contributed by atoms with van der Waals surface area (Å²) in [6.07, 6.45) is 6.58. The standard InChI is InChI=1S/C9H10N4O3/c1-3-4-5-16-9-7(13(14)15)8(10-2)11-6-12-9/h1,6H,4-5H2,2H3,(H,10,11,12). The molecule has 84 valence electrons. The fourth-order valence-electron chi connectivity index (χ4n) is 1.02. The molecule has 1 heterocycles. The summed E-state index contributed by atoms with van der Waals surface area (Å²) in [5, 5.41) is 13.4. The van der Waals surface area contributed by atoms with Crippen molar-refractivity contribution in [1.82, 2.24) is 9.97 Å². The molecule has 0 amide bonds. The van der Waals surface area contributed by atoms with Gasteiger partial charge < -0.3 is 10.1 Å². The molecule has 0 aliphatic carbocycles. The van der Waals surface area contributed by atoms with Crippen LogP contribution in [0.25, 0.3) is 0 Å². The van der Waals surface area contributed by atoms with Crippen LogP contribution in [-0.2, 0) is 0 Å². The first-order valence-electron chi connectivity index (χ1n) is 4.44. The highest BCUT2D eigenvalue weighted by atomic mass is 16.6. The van der Waals surface area contributed by atoms with Crippen molar-refractivity contribution in [3.63, 3.8) is 0 Å². The van der Waals surface area contributed by atoms with Crippen molar-refractivity contribution in [2.24, 2.45) is 0 Å². The third-order valence-corrected chi connectivity index (χ3v) is 1.69. The number of nitrogens with zero attached hydrogens (tertiary/aromatic N) is 3. The number of anilines is 1. The summed E-state index contributed by atoms with van der Waals surface area (Å²) < 4.78 is 5.11. The van der Waals surface area contributed by atoms with Crippen molar-refractivity contribution in [3.05, 3.63) is 16.4 Å². The van der Waals surface area contributed by atoms with Gasteiger partial charge in [-0.25, -0.2) is 4.98 Å². The monoisotopic (exact) mass is 222 g/mol. The number of terminal acetylenes is 1. The average molecular weight is 222 g/mol. The molecule has 7 nitrogen and oxygen atoms in total. The Kier molecular flexibility index (Phi) is 4.03. The quantitative estimate of drug-likeness (QED) is 0.343. The number of ether oxygens (including phenoxy) is 1. The lowest BCUT2D eigenvalue weighted by Gasteiger charge is -2.05. The maximum Gasteiger partial charge on any atom is 0.372 e. The second-order valence-corrected chi connectivity index (χ2v) is 2.69. The summed E-state index contributed by atoms with van der Waals surface area (Å²) in [5.74, 6) is 2.38. The number of nitro groups is 1. The van der Waals surface area contributed by atoms with E-state index in [2.05, 4.69) is 21.2 Å². The molecule has 7 heteroatoms. The van der Waals surface area contributed by atoms with Gasteiger partial charge in [-0.1, -0.05) is 0 Å². The van der Waals surface area contributed by atoms with Crippen LogP contribution in [0, 0.1) is 22.5 Å². The van der Waals surface area contributed by atoms with E-state index < -0.39 is 4.92 Å². The van der Waals surface area contributed by atoms with Crippen molar-refractivity contribution in [2.75, 3.05) is 19.0 Å². The van der Waals surface area contributed by atoms with E-state index in [1.54, 1.807) is 0 Å². The van der Waals surface area contributed by atoms with Crippen LogP contribution in [0.3, 0.4) is 0 Å². The molecule has 0 fully saturated rings. The highest BCUT2D eigenvalue weighted by Crippen LogP contribution is 2.30. The lowest BCUT2D eigenvalue weighted by molar-refractivity contribution is -0.385. The third kappa shape index (κ3) is 2.57. The Hall–Kier alpha value is -2.36. The lowest BCUT2D eigenvalue weighted by atomic mass is 10.4. The molecule has 16 heavy (non-hydrogen) atoms. The van der Waals surface area contributed by atoms with Gasteiger partial charge in [-0.2, -0.15) is 4.98 Å². The van der Waals surface area contributed by atoms with Crippen molar-refractivity contribution in [1.29, 1.82) is 0 Å². The summed E-state index contributed by atoms with van der Waals surface area (Å²) in [5.41, 5.74) is -0.290. The maximum atomic E-state index is 10.8. The van der Waals surface area contributed by atoms with E-state index in [0.29, 0.717) is 6.42 Å². The number of rotatable bonds is 5. The first kappa shape index (κ1) is 11.7. The number of nitrogens with one attached hydrogen (secondary N) is 1. The van der Waals surface area contributed by atoms with Crippen LogP contribution < -0.4 is 10.1 Å². The molecular formula is C9H10N4O3. The molecule has 1 rings (SSSR count). The summed E-state index contributed by atoms with van der Waals surface area (Å²) in [7, 11) is 1.53. The molecule has 0 aliphatic rings. The van der Waals surface area contributed by atoms with Gasteiger partial charge in [-0.15, -0.1) is 12.3 Å². The number of aromatic nitrogens is 2. The summed E-state index contributed by atoms with van der Waals surface area (Å²) in [6, 6.07) is 0. The van der Waals surface area contributed by atoms with Crippen LogP contribution in [0.2, 0.25) is 0 Å². The third-order valence-electron chi connectivity index (χ3n) is 1.69. The Balaban J connectivity index is 2.99. The maximum absolute atomic E-state index is 10.8. The Morgan fingerprint density at radius 3 is 3.00 bits per heavy atom. The number of hydrogen-bond donors (Lipinski definition) is 1. The van der Waals surface area contributed by atoms with Crippen molar-refractivity contribution < 1.29 is 9.66 Å². The molecule has 0 aromatic carbocycles. The average Bonchev–Trinajstić information content (AvgIpc) is 2.28. The zero-order chi connectivity index (χ0) is 12.0. The lowest BCUT2D eigenvalue weighted by Crippen LogP contribution is -2.06. The Bertz CT molecular complexity index is 427. The van der Waals surface area contributed by atoms with Gasteiger partial charge in [0.15, 0.2) is 0 Å². The minimum absolute atomic E-state index is 0.0837. The second-order valence-electron chi connectivity index (χ2n) is 2.69. The molecule has 1 aromatic heterocycles. The molecule has 0 spiro atoms. The smallest absolute Gasteiger partial charge is 0.372 e. The predicted octanol–water partition coefficient (Wildman–Crippen LogP) is 0.829. The van der Waals surface area contributed by atoms with Crippen LogP contribution in [0.5, 0.6) is 5.88 Å². The van der Waals surface area contributed by atoms with Gasteiger partial charge in [0.1, 0.15) is 12.9 Å². The highest BCUT2D eigenvalue weighted by Gasteiger charge is 2.23. The zero-order valence-corrected chi connectivity index (χ0v) is 8.64. The van der Waals surface area contributed by atoms with Crippen LogP contribution in [-0.4, -0.2) is 28.5 Å². The van der Waals surface area contributed by atoms with Gasteiger partial charge >= 0.3 is 5.69 Å². The summed E-state index contributed by atoms with van der Waals surface area (Å²) in [6.45, 7) is 0.178. The molecule has 0 atom stereocenters. The Morgan fingerprint density at radius 2 is 2.44 bits per heavy atom. The summed E-state index contributed by atoms with van der Waals surface area (Å²) in [4.78, 5) is 17.6. The van der Waals surface area contributed by atoms with Crippen molar-refractivity contribution >= 4 is 11.5 Å². The zero-order valence-electron chi connectivity index (χ0n) is 8.64. The van der Waals surface area contributed by atoms with E-state index in [-0.39, 0.29) is 24.0 Å². The first-order valence-corrected chi connectivity index (χ1v) is 4.44. The van der Waals surface area contributed by atoms with E-state index in [1.807, 2.05) is 0 Å². The molecule has 0 bridgehead atoms. The SMILES string of the molecule is C#CCCOc1ncnc(NC)c1[N+](=O)[O-]. The number of hydrogen-bond acceptors (Lipinski definition) is 6. The molecule has 0 aliphatic heterocycles. The van der Waals surface area contributed by atoms with E-state index in [1.165, 1.54) is 13.4 Å². The van der Waals surface area contributed by atoms with E-state index in [0.717, 1.165) is 0 Å². The van der Waals surface area contributed by atoms with Gasteiger partial charge in [0.05, 0.1) is 4.92 Å². The van der Waals surface area contributed by atoms with Crippen LogP contribution in [0.1, 0.15) is 6.42 Å². The van der Waals surface area contributed by atoms with Gasteiger partial charge in [-0.05, 0) is 0 Å². The minimum atomic E-state index is -0.600. The Labute approximate surface area is 92.0 Å². The summed E-state index contributed by atoms with van der Waals surface area (Å²) >= 11 is 0. The predicted molar refractivity (Wildman–Crippen MR) is 57.2 cm³/mol. The minimum Gasteiger partial charge on any atom is -0.472 e. The molecule has 0 saturated heterocycles. The Morgan fingerprint density at radius 1 is 1.69 bits per heavy atom. The molecule has 0 saturated carbocycles. The van der Waals surface area contributed by atoms with Gasteiger partial charge in [0, 0.05) is 13.5 Å². The van der Waals surface area contributed by atoms with E-state index >= 15 is 0 Å². The first-order chi connectivity index (χ1) is 7.70. The highest BCUT2D eigenvalue weighted by molar-refractivity contribution is 5.60. The van der Waals surface area contributed by atoms with Crippen molar-refractivity contribution in [2.45, 2.75) is 6.42 Å². The van der Waals surface area contributed by atoms with Gasteiger partial charge in [0.25, 0.3) is 5.88 Å². The molecule has 1 N–H and O–H groups in total. The van der Waals surface area contributed by atoms with E-state index in [9.17, 15) is 10.1 Å². The van der Waals surface area contributed by atoms with Gasteiger partial charge in [0.2, 0.25) is 5.82 Å². The second kappa shape index (κ2) is 5.50. The topological polar surface area (TPSA) is 90.2 Å². The fourth-order valence-corrected chi connectivity index (χ4v) is 1.02. The van der Waals surface area contributed by atoms with Crippen molar-refractivity contribution in [3.8, 4) is 18.2 Å². The normalized spacial score (nSPS) is 9.25. The molecule has 1 aromatic rings. The molecule has 0 unspecified atom stereocenters.